The lowest BCUT2D eigenvalue weighted by atomic mass is 9.88. The quantitative estimate of drug-likeness (QED) is 0.626. The van der Waals surface area contributed by atoms with Crippen molar-refractivity contribution in [1.82, 2.24) is 0 Å². The molecule has 2 aliphatic heterocycles. The number of hydrogen-bond donors (Lipinski definition) is 1. The average Bonchev–Trinajstić information content (AvgIpc) is 2.82. The fraction of sp³-hybridized carbons (Fsp3) is 0.115. The Bertz CT molecular complexity index is 1450. The second-order valence-electron chi connectivity index (χ2n) is 8.04. The van der Waals surface area contributed by atoms with Crippen LogP contribution in [0.4, 0.5) is 5.69 Å². The molecule has 2 heterocycles. The van der Waals surface area contributed by atoms with E-state index >= 15 is 0 Å². The number of sulfonamides is 1. The lowest BCUT2D eigenvalue weighted by Gasteiger charge is -2.38. The summed E-state index contributed by atoms with van der Waals surface area (Å²) in [5, 5.41) is 9.91. The summed E-state index contributed by atoms with van der Waals surface area (Å²) in [5.74, 6) is -0.767. The Hall–Kier alpha value is -4.02. The summed E-state index contributed by atoms with van der Waals surface area (Å²) in [7, 11) is -4.06. The molecule has 6 nitrogen and oxygen atoms in total. The predicted molar refractivity (Wildman–Crippen MR) is 127 cm³/mol. The number of nitriles is 1. The highest BCUT2D eigenvalue weighted by Crippen LogP contribution is 2.51. The number of hydrogen-bond acceptors (Lipinski definition) is 5. The number of rotatable bonds is 3. The molecule has 0 radical (unpaired) electrons. The van der Waals surface area contributed by atoms with Crippen LogP contribution >= 0.6 is 0 Å². The Morgan fingerprint density at radius 1 is 1.00 bits per heavy atom. The first-order valence-corrected chi connectivity index (χ1v) is 11.9. The second kappa shape index (κ2) is 7.84. The molecule has 7 heteroatoms. The summed E-state index contributed by atoms with van der Waals surface area (Å²) in [5.41, 5.74) is 9.90. The molecule has 5 rings (SSSR count). The van der Waals surface area contributed by atoms with E-state index in [1.165, 1.54) is 4.31 Å². The van der Waals surface area contributed by atoms with E-state index in [0.717, 1.165) is 11.1 Å². The predicted octanol–water partition coefficient (Wildman–Crippen LogP) is 4.52. The zero-order chi connectivity index (χ0) is 23.2. The Balaban J connectivity index is 1.77. The van der Waals surface area contributed by atoms with Gasteiger partial charge in [-0.05, 0) is 30.2 Å². The SMILES string of the molecule is Cc1ccc([C@H]2C(C#N)=C(N)OC3=C2S(=O)(=O)N(Cc2ccccc2)c2ccccc23)cc1. The lowest BCUT2D eigenvalue weighted by molar-refractivity contribution is 0.357. The molecule has 164 valence electrons. The van der Waals surface area contributed by atoms with Crippen molar-refractivity contribution in [3.63, 3.8) is 0 Å². The van der Waals surface area contributed by atoms with Gasteiger partial charge < -0.3 is 10.5 Å². The lowest BCUT2D eigenvalue weighted by Crippen LogP contribution is -2.39. The number of para-hydroxylation sites is 1. The van der Waals surface area contributed by atoms with Gasteiger partial charge in [0.25, 0.3) is 10.0 Å². The molecule has 0 fully saturated rings. The summed E-state index contributed by atoms with van der Waals surface area (Å²) < 4.78 is 35.5. The van der Waals surface area contributed by atoms with Crippen LogP contribution in [0.25, 0.3) is 5.76 Å². The van der Waals surface area contributed by atoms with E-state index in [4.69, 9.17) is 10.5 Å². The highest BCUT2D eigenvalue weighted by Gasteiger charge is 2.47. The van der Waals surface area contributed by atoms with Crippen molar-refractivity contribution < 1.29 is 13.2 Å². The van der Waals surface area contributed by atoms with Crippen molar-refractivity contribution >= 4 is 21.5 Å². The number of fused-ring (bicyclic) bond motifs is 2. The first-order valence-electron chi connectivity index (χ1n) is 10.5. The zero-order valence-corrected chi connectivity index (χ0v) is 18.7. The molecule has 0 aliphatic carbocycles. The Labute approximate surface area is 192 Å². The minimum atomic E-state index is -4.06. The first kappa shape index (κ1) is 20.9. The third-order valence-electron chi connectivity index (χ3n) is 5.94. The van der Waals surface area contributed by atoms with Gasteiger partial charge >= 0.3 is 0 Å². The number of ether oxygens (including phenoxy) is 1. The molecule has 3 aromatic rings. The monoisotopic (exact) mass is 455 g/mol. The molecule has 0 unspecified atom stereocenters. The number of aryl methyl sites for hydroxylation is 1. The molecule has 2 aliphatic rings. The summed E-state index contributed by atoms with van der Waals surface area (Å²) in [6, 6.07) is 26.1. The van der Waals surface area contributed by atoms with Crippen molar-refractivity contribution in [3.05, 3.63) is 117 Å². The van der Waals surface area contributed by atoms with Crippen LogP contribution in [0.2, 0.25) is 0 Å². The van der Waals surface area contributed by atoms with Gasteiger partial charge in [-0.3, -0.25) is 4.31 Å². The van der Waals surface area contributed by atoms with Crippen LogP contribution in [0.5, 0.6) is 0 Å². The molecule has 0 spiro atoms. The number of allylic oxidation sites excluding steroid dienone is 2. The van der Waals surface area contributed by atoms with Crippen LogP contribution in [0.3, 0.4) is 0 Å². The molecule has 0 amide bonds. The standard InChI is InChI=1S/C26H21N3O3S/c1-17-11-13-19(14-12-17)23-21(15-27)26(28)32-24-20-9-5-6-10-22(20)29(33(30,31)25(23)24)16-18-7-3-2-4-8-18/h2-14,23H,16,28H2,1H3/t23-/m0/s1. The maximum atomic E-state index is 14.1. The Kier molecular flexibility index (Phi) is 4.95. The largest absolute Gasteiger partial charge is 0.439 e. The van der Waals surface area contributed by atoms with E-state index in [1.54, 1.807) is 12.1 Å². The third-order valence-corrected chi connectivity index (χ3v) is 7.82. The van der Waals surface area contributed by atoms with Crippen molar-refractivity contribution in [3.8, 4) is 6.07 Å². The van der Waals surface area contributed by atoms with Crippen molar-refractivity contribution in [2.45, 2.75) is 19.4 Å². The van der Waals surface area contributed by atoms with Gasteiger partial charge in [-0.15, -0.1) is 0 Å². The highest BCUT2D eigenvalue weighted by atomic mass is 32.2. The fourth-order valence-corrected chi connectivity index (χ4v) is 6.23. The van der Waals surface area contributed by atoms with Crippen LogP contribution in [-0.2, 0) is 21.3 Å². The van der Waals surface area contributed by atoms with Gasteiger partial charge in [0.1, 0.15) is 16.5 Å². The van der Waals surface area contributed by atoms with E-state index in [2.05, 4.69) is 6.07 Å². The Morgan fingerprint density at radius 3 is 2.36 bits per heavy atom. The van der Waals surface area contributed by atoms with E-state index in [9.17, 15) is 13.7 Å². The van der Waals surface area contributed by atoms with Gasteiger partial charge in [0.2, 0.25) is 5.88 Å². The van der Waals surface area contributed by atoms with Crippen molar-refractivity contribution in [2.24, 2.45) is 5.73 Å². The normalized spacial score (nSPS) is 18.8. The average molecular weight is 456 g/mol. The van der Waals surface area contributed by atoms with E-state index < -0.39 is 15.9 Å². The van der Waals surface area contributed by atoms with Crippen LogP contribution in [-0.4, -0.2) is 8.42 Å². The van der Waals surface area contributed by atoms with Crippen LogP contribution in [0, 0.1) is 18.3 Å². The smallest absolute Gasteiger partial charge is 0.265 e. The van der Waals surface area contributed by atoms with E-state index in [1.807, 2.05) is 73.7 Å². The maximum absolute atomic E-state index is 14.1. The topological polar surface area (TPSA) is 96.4 Å². The second-order valence-corrected chi connectivity index (χ2v) is 9.87. The van der Waals surface area contributed by atoms with Crippen molar-refractivity contribution in [2.75, 3.05) is 4.31 Å². The van der Waals surface area contributed by atoms with Crippen molar-refractivity contribution in [1.29, 1.82) is 5.26 Å². The molecule has 1 atom stereocenters. The number of benzene rings is 3. The van der Waals surface area contributed by atoms with E-state index in [0.29, 0.717) is 16.8 Å². The molecule has 2 N–H and O–H groups in total. The van der Waals surface area contributed by atoms with Gasteiger partial charge in [-0.25, -0.2) is 8.42 Å². The van der Waals surface area contributed by atoms with Gasteiger partial charge in [0, 0.05) is 5.56 Å². The number of anilines is 1. The van der Waals surface area contributed by atoms with Gasteiger partial charge in [-0.2, -0.15) is 5.26 Å². The third kappa shape index (κ3) is 3.36. The molecule has 0 bridgehead atoms. The van der Waals surface area contributed by atoms with Crippen LogP contribution in [0.1, 0.15) is 28.2 Å². The summed E-state index contributed by atoms with van der Waals surface area (Å²) in [4.78, 5) is 0.0340. The van der Waals surface area contributed by atoms with Gasteiger partial charge in [0.15, 0.2) is 5.76 Å². The molecule has 33 heavy (non-hydrogen) atoms. The minimum Gasteiger partial charge on any atom is -0.439 e. The highest BCUT2D eigenvalue weighted by molar-refractivity contribution is 7.96. The van der Waals surface area contributed by atoms with Crippen LogP contribution < -0.4 is 10.0 Å². The first-order chi connectivity index (χ1) is 15.9. The van der Waals surface area contributed by atoms with Gasteiger partial charge in [0.05, 0.1) is 18.2 Å². The molecule has 0 saturated carbocycles. The Morgan fingerprint density at radius 2 is 1.67 bits per heavy atom. The van der Waals surface area contributed by atoms with Crippen LogP contribution in [0.15, 0.2) is 95.2 Å². The maximum Gasteiger partial charge on any atom is 0.265 e. The number of nitrogens with zero attached hydrogens (tertiary/aromatic N) is 2. The minimum absolute atomic E-state index is 0.0340. The zero-order valence-electron chi connectivity index (χ0n) is 17.9. The molecule has 0 aromatic heterocycles. The fourth-order valence-electron chi connectivity index (χ4n) is 4.32. The summed E-state index contributed by atoms with van der Waals surface area (Å²) in [6.07, 6.45) is 0. The van der Waals surface area contributed by atoms with Gasteiger partial charge in [-0.1, -0.05) is 72.3 Å². The van der Waals surface area contributed by atoms with E-state index in [-0.39, 0.29) is 28.7 Å². The number of nitrogens with two attached hydrogens (primary N) is 1. The summed E-state index contributed by atoms with van der Waals surface area (Å²) >= 11 is 0. The summed E-state index contributed by atoms with van der Waals surface area (Å²) in [6.45, 7) is 2.10. The molecule has 3 aromatic carbocycles. The molecular weight excluding hydrogens is 434 g/mol. The molecule has 0 saturated heterocycles. The molecular formula is C26H21N3O3S.